The molecular weight excluding hydrogens is 302 g/mol. The second-order valence-corrected chi connectivity index (χ2v) is 6.25. The molecule has 112 valence electrons. The molecule has 0 amide bonds. The van der Waals surface area contributed by atoms with E-state index in [1.807, 2.05) is 12.1 Å². The molecule has 2 heterocycles. The minimum absolute atomic E-state index is 0.238. The summed E-state index contributed by atoms with van der Waals surface area (Å²) in [5.74, 6) is 0. The molecule has 0 saturated carbocycles. The smallest absolute Gasteiger partial charge is 0.115 e. The lowest BCUT2D eigenvalue weighted by Gasteiger charge is -2.08. The van der Waals surface area contributed by atoms with Gasteiger partial charge in [0.2, 0.25) is 0 Å². The first-order chi connectivity index (χ1) is 11.3. The van der Waals surface area contributed by atoms with Gasteiger partial charge >= 0.3 is 0 Å². The van der Waals surface area contributed by atoms with Gasteiger partial charge in [0.25, 0.3) is 0 Å². The zero-order valence-corrected chi connectivity index (χ0v) is 13.2. The molecule has 0 aliphatic carbocycles. The maximum atomic E-state index is 6.33. The highest BCUT2D eigenvalue weighted by molar-refractivity contribution is 7.10. The second-order valence-electron chi connectivity index (χ2n) is 5.36. The lowest BCUT2D eigenvalue weighted by Crippen LogP contribution is -2.11. The molecule has 2 aromatic carbocycles. The van der Waals surface area contributed by atoms with Crippen molar-refractivity contribution in [2.24, 2.45) is 5.73 Å². The lowest BCUT2D eigenvalue weighted by molar-refractivity contribution is 0.851. The average molecular weight is 317 g/mol. The van der Waals surface area contributed by atoms with Crippen LogP contribution in [0.5, 0.6) is 0 Å². The number of hydrogen-bond donors (Lipinski definition) is 1. The van der Waals surface area contributed by atoms with Gasteiger partial charge in [-0.25, -0.2) is 4.98 Å². The van der Waals surface area contributed by atoms with Gasteiger partial charge in [0, 0.05) is 23.3 Å². The summed E-state index contributed by atoms with van der Waals surface area (Å²) in [6, 6.07) is 18.3. The summed E-state index contributed by atoms with van der Waals surface area (Å²) >= 11 is 1.59. The van der Waals surface area contributed by atoms with Crippen LogP contribution in [0.3, 0.4) is 0 Å². The van der Waals surface area contributed by atoms with Crippen LogP contribution in [-0.2, 0) is 0 Å². The molecule has 23 heavy (non-hydrogen) atoms. The van der Waals surface area contributed by atoms with Crippen molar-refractivity contribution in [3.8, 4) is 11.3 Å². The first-order valence-corrected chi connectivity index (χ1v) is 8.30. The van der Waals surface area contributed by atoms with Gasteiger partial charge in [-0.2, -0.15) is 0 Å². The molecule has 4 rings (SSSR count). The molecule has 0 saturated heterocycles. The highest BCUT2D eigenvalue weighted by atomic mass is 32.1. The Kier molecular flexibility index (Phi) is 3.61. The summed E-state index contributed by atoms with van der Waals surface area (Å²) in [6.07, 6.45) is 3.54. The van der Waals surface area contributed by atoms with Crippen LogP contribution in [0.1, 0.15) is 16.6 Å². The minimum Gasteiger partial charge on any atom is -0.318 e. The first-order valence-electron chi connectivity index (χ1n) is 7.42. The fourth-order valence-corrected chi connectivity index (χ4v) is 3.55. The quantitative estimate of drug-likeness (QED) is 0.609. The van der Waals surface area contributed by atoms with Gasteiger partial charge in [0.1, 0.15) is 5.01 Å². The molecule has 0 bridgehead atoms. The molecule has 3 nitrogen and oxygen atoms in total. The second kappa shape index (κ2) is 5.91. The molecule has 4 aromatic rings. The number of nitrogens with zero attached hydrogens (tertiary/aromatic N) is 2. The number of pyridine rings is 1. The summed E-state index contributed by atoms with van der Waals surface area (Å²) in [4.78, 5) is 8.91. The van der Waals surface area contributed by atoms with Crippen molar-refractivity contribution in [2.75, 3.05) is 0 Å². The van der Waals surface area contributed by atoms with E-state index in [9.17, 15) is 0 Å². The standard InChI is InChI=1S/C19H15N3S/c20-18(14-7-4-10-21-11-14)19-22-17(12-23-19)16-9-3-6-13-5-1-2-8-15(13)16/h1-12,18H,20H2. The van der Waals surface area contributed by atoms with Crippen molar-refractivity contribution in [3.63, 3.8) is 0 Å². The predicted molar refractivity (Wildman–Crippen MR) is 95.3 cm³/mol. The maximum Gasteiger partial charge on any atom is 0.115 e. The number of hydrogen-bond acceptors (Lipinski definition) is 4. The first kappa shape index (κ1) is 14.1. The van der Waals surface area contributed by atoms with Gasteiger partial charge in [-0.15, -0.1) is 11.3 Å². The van der Waals surface area contributed by atoms with Gasteiger partial charge in [0.15, 0.2) is 0 Å². The molecule has 0 radical (unpaired) electrons. The Hall–Kier alpha value is -2.56. The molecule has 1 atom stereocenters. The molecule has 2 N–H and O–H groups in total. The Bertz CT molecular complexity index is 942. The Labute approximate surface area is 138 Å². The molecule has 1 unspecified atom stereocenters. The van der Waals surface area contributed by atoms with Crippen LogP contribution >= 0.6 is 11.3 Å². The molecule has 0 aliphatic heterocycles. The topological polar surface area (TPSA) is 51.8 Å². The Morgan fingerprint density at radius 1 is 0.957 bits per heavy atom. The average Bonchev–Trinajstić information content (AvgIpc) is 3.11. The van der Waals surface area contributed by atoms with Gasteiger partial charge < -0.3 is 5.73 Å². The number of aromatic nitrogens is 2. The molecule has 0 aliphatic rings. The third kappa shape index (κ3) is 2.63. The van der Waals surface area contributed by atoms with Gasteiger partial charge in [-0.05, 0) is 22.4 Å². The van der Waals surface area contributed by atoms with Crippen LogP contribution in [0.2, 0.25) is 0 Å². The van der Waals surface area contributed by atoms with Crippen molar-refractivity contribution in [2.45, 2.75) is 6.04 Å². The van der Waals surface area contributed by atoms with Crippen LogP contribution in [0, 0.1) is 0 Å². The van der Waals surface area contributed by atoms with E-state index in [0.29, 0.717) is 0 Å². The summed E-state index contributed by atoms with van der Waals surface area (Å²) in [5.41, 5.74) is 9.42. The van der Waals surface area contributed by atoms with Crippen LogP contribution in [0.4, 0.5) is 0 Å². The third-order valence-corrected chi connectivity index (χ3v) is 4.82. The summed E-state index contributed by atoms with van der Waals surface area (Å²) in [6.45, 7) is 0. The molecule has 0 spiro atoms. The fraction of sp³-hybridized carbons (Fsp3) is 0.0526. The van der Waals surface area contributed by atoms with E-state index < -0.39 is 0 Å². The normalized spacial score (nSPS) is 12.4. The molecule has 0 fully saturated rings. The number of thiazole rings is 1. The van der Waals surface area contributed by atoms with E-state index in [0.717, 1.165) is 21.8 Å². The van der Waals surface area contributed by atoms with Gasteiger partial charge in [0.05, 0.1) is 11.7 Å². The van der Waals surface area contributed by atoms with Crippen LogP contribution in [0.15, 0.2) is 72.4 Å². The number of nitrogens with two attached hydrogens (primary N) is 1. The number of benzene rings is 2. The predicted octanol–water partition coefficient (Wildman–Crippen LogP) is 4.41. The van der Waals surface area contributed by atoms with E-state index in [-0.39, 0.29) is 6.04 Å². The van der Waals surface area contributed by atoms with Crippen molar-refractivity contribution in [1.82, 2.24) is 9.97 Å². The lowest BCUT2D eigenvalue weighted by atomic mass is 10.0. The van der Waals surface area contributed by atoms with Crippen molar-refractivity contribution >= 4 is 22.1 Å². The van der Waals surface area contributed by atoms with Crippen molar-refractivity contribution in [3.05, 3.63) is 82.9 Å². The Morgan fingerprint density at radius 2 is 1.83 bits per heavy atom. The number of fused-ring (bicyclic) bond motifs is 1. The Balaban J connectivity index is 1.75. The largest absolute Gasteiger partial charge is 0.318 e. The maximum absolute atomic E-state index is 6.33. The monoisotopic (exact) mass is 317 g/mol. The molecular formula is C19H15N3S. The van der Waals surface area contributed by atoms with Crippen molar-refractivity contribution < 1.29 is 0 Å². The highest BCUT2D eigenvalue weighted by Crippen LogP contribution is 2.31. The van der Waals surface area contributed by atoms with Gasteiger partial charge in [-0.3, -0.25) is 4.98 Å². The minimum atomic E-state index is -0.238. The van der Waals surface area contributed by atoms with Crippen LogP contribution in [0.25, 0.3) is 22.0 Å². The highest BCUT2D eigenvalue weighted by Gasteiger charge is 2.15. The van der Waals surface area contributed by atoms with Crippen LogP contribution in [-0.4, -0.2) is 9.97 Å². The summed E-state index contributed by atoms with van der Waals surface area (Å²) < 4.78 is 0. The Morgan fingerprint density at radius 3 is 2.70 bits per heavy atom. The van der Waals surface area contributed by atoms with Crippen LogP contribution < -0.4 is 5.73 Å². The molecule has 4 heteroatoms. The number of rotatable bonds is 3. The van der Waals surface area contributed by atoms with E-state index in [4.69, 9.17) is 10.7 Å². The fourth-order valence-electron chi connectivity index (χ4n) is 2.71. The zero-order valence-electron chi connectivity index (χ0n) is 12.4. The summed E-state index contributed by atoms with van der Waals surface area (Å²) in [5, 5.41) is 5.41. The van der Waals surface area contributed by atoms with Gasteiger partial charge in [-0.1, -0.05) is 48.5 Å². The van der Waals surface area contributed by atoms with E-state index in [1.54, 1.807) is 23.7 Å². The summed E-state index contributed by atoms with van der Waals surface area (Å²) in [7, 11) is 0. The SMILES string of the molecule is NC(c1cccnc1)c1nc(-c2cccc3ccccc23)cs1. The third-order valence-electron chi connectivity index (χ3n) is 3.90. The van der Waals surface area contributed by atoms with E-state index in [2.05, 4.69) is 52.8 Å². The van der Waals surface area contributed by atoms with E-state index >= 15 is 0 Å². The zero-order chi connectivity index (χ0) is 15.6. The molecule has 2 aromatic heterocycles. The van der Waals surface area contributed by atoms with Crippen molar-refractivity contribution in [1.29, 1.82) is 0 Å². The van der Waals surface area contributed by atoms with E-state index in [1.165, 1.54) is 10.8 Å².